The van der Waals surface area contributed by atoms with Crippen molar-refractivity contribution in [2.45, 2.75) is 30.9 Å². The first kappa shape index (κ1) is 9.37. The smallest absolute Gasteiger partial charge is 0.0951 e. The number of hydrogen-bond acceptors (Lipinski definition) is 2. The highest BCUT2D eigenvalue weighted by atomic mass is 16.3. The van der Waals surface area contributed by atoms with E-state index in [1.54, 1.807) is 0 Å². The van der Waals surface area contributed by atoms with E-state index < -0.39 is 5.60 Å². The highest BCUT2D eigenvalue weighted by molar-refractivity contribution is 5.25. The molecule has 0 spiro atoms. The van der Waals surface area contributed by atoms with Crippen molar-refractivity contribution in [3.8, 4) is 0 Å². The van der Waals surface area contributed by atoms with Crippen LogP contribution in [0.15, 0.2) is 30.3 Å². The van der Waals surface area contributed by atoms with Crippen LogP contribution in [0.25, 0.3) is 0 Å². The van der Waals surface area contributed by atoms with E-state index in [9.17, 15) is 5.11 Å². The van der Waals surface area contributed by atoms with Crippen molar-refractivity contribution in [1.82, 2.24) is 5.32 Å². The maximum absolute atomic E-state index is 10.8. The van der Waals surface area contributed by atoms with Crippen LogP contribution in [0.4, 0.5) is 0 Å². The molecule has 1 saturated carbocycles. The molecule has 2 bridgehead atoms. The van der Waals surface area contributed by atoms with Gasteiger partial charge in [0.1, 0.15) is 0 Å². The van der Waals surface area contributed by atoms with Gasteiger partial charge in [0, 0.05) is 18.5 Å². The zero-order valence-electron chi connectivity index (χ0n) is 8.82. The molecule has 2 nitrogen and oxygen atoms in total. The minimum Gasteiger partial charge on any atom is -0.385 e. The third kappa shape index (κ3) is 1.40. The fraction of sp³-hybridized carbons (Fsp3) is 0.538. The number of aliphatic hydroxyl groups is 1. The molecule has 2 saturated heterocycles. The molecule has 2 heterocycles. The Morgan fingerprint density at radius 1 is 1.20 bits per heavy atom. The van der Waals surface area contributed by atoms with E-state index in [1.165, 1.54) is 6.42 Å². The number of rotatable bonds is 1. The van der Waals surface area contributed by atoms with Crippen molar-refractivity contribution in [1.29, 1.82) is 0 Å². The average molecular weight is 203 g/mol. The van der Waals surface area contributed by atoms with Crippen molar-refractivity contribution in [3.63, 3.8) is 0 Å². The Kier molecular flexibility index (Phi) is 2.08. The summed E-state index contributed by atoms with van der Waals surface area (Å²) in [7, 11) is 0. The SMILES string of the molecule is OC1(c2ccccc2)CC2CCC1CN2. The van der Waals surface area contributed by atoms with Crippen molar-refractivity contribution in [2.24, 2.45) is 5.92 Å². The van der Waals surface area contributed by atoms with Gasteiger partial charge in [0.2, 0.25) is 0 Å². The first-order chi connectivity index (χ1) is 7.29. The predicted molar refractivity (Wildman–Crippen MR) is 59.5 cm³/mol. The Balaban J connectivity index is 1.97. The van der Waals surface area contributed by atoms with Crippen LogP contribution in [-0.4, -0.2) is 17.7 Å². The minimum atomic E-state index is -0.574. The second-order valence-corrected chi connectivity index (χ2v) is 4.87. The molecule has 3 unspecified atom stereocenters. The van der Waals surface area contributed by atoms with E-state index in [1.807, 2.05) is 18.2 Å². The van der Waals surface area contributed by atoms with Crippen molar-refractivity contribution < 1.29 is 5.11 Å². The highest BCUT2D eigenvalue weighted by Crippen LogP contribution is 2.44. The minimum absolute atomic E-state index is 0.393. The Labute approximate surface area is 90.3 Å². The number of piperidine rings is 2. The van der Waals surface area contributed by atoms with Gasteiger partial charge in [-0.3, -0.25) is 0 Å². The molecule has 3 atom stereocenters. The van der Waals surface area contributed by atoms with Crippen LogP contribution >= 0.6 is 0 Å². The van der Waals surface area contributed by atoms with Crippen LogP contribution in [-0.2, 0) is 5.60 Å². The monoisotopic (exact) mass is 203 g/mol. The molecule has 3 fully saturated rings. The van der Waals surface area contributed by atoms with Crippen LogP contribution in [0, 0.1) is 5.92 Å². The topological polar surface area (TPSA) is 32.3 Å². The molecule has 0 amide bonds. The Hall–Kier alpha value is -0.860. The summed E-state index contributed by atoms with van der Waals surface area (Å²) in [5.41, 5.74) is 0.524. The number of nitrogens with one attached hydrogen (secondary N) is 1. The van der Waals surface area contributed by atoms with Crippen LogP contribution in [0.3, 0.4) is 0 Å². The summed E-state index contributed by atoms with van der Waals surface area (Å²) < 4.78 is 0. The highest BCUT2D eigenvalue weighted by Gasteiger charge is 2.46. The molecule has 3 aliphatic rings. The van der Waals surface area contributed by atoms with Gasteiger partial charge >= 0.3 is 0 Å². The van der Waals surface area contributed by atoms with E-state index >= 15 is 0 Å². The third-order valence-corrected chi connectivity index (χ3v) is 4.02. The van der Waals surface area contributed by atoms with Gasteiger partial charge in [-0.2, -0.15) is 0 Å². The molecular formula is C13H17NO. The third-order valence-electron chi connectivity index (χ3n) is 4.02. The maximum Gasteiger partial charge on any atom is 0.0951 e. The molecule has 1 aromatic rings. The van der Waals surface area contributed by atoms with E-state index in [0.717, 1.165) is 24.9 Å². The van der Waals surface area contributed by atoms with E-state index in [0.29, 0.717) is 12.0 Å². The summed E-state index contributed by atoms with van der Waals surface area (Å²) >= 11 is 0. The maximum atomic E-state index is 10.8. The zero-order valence-corrected chi connectivity index (χ0v) is 8.82. The summed E-state index contributed by atoms with van der Waals surface area (Å²) in [5.74, 6) is 0.393. The second-order valence-electron chi connectivity index (χ2n) is 4.87. The van der Waals surface area contributed by atoms with Crippen LogP contribution in [0.5, 0.6) is 0 Å². The first-order valence-corrected chi connectivity index (χ1v) is 5.80. The van der Waals surface area contributed by atoms with E-state index in [4.69, 9.17) is 0 Å². The Bertz CT molecular complexity index is 343. The fourth-order valence-corrected chi connectivity index (χ4v) is 3.12. The van der Waals surface area contributed by atoms with E-state index in [-0.39, 0.29) is 0 Å². The molecule has 0 radical (unpaired) electrons. The van der Waals surface area contributed by atoms with Gasteiger partial charge in [-0.15, -0.1) is 0 Å². The summed E-state index contributed by atoms with van der Waals surface area (Å²) in [5, 5.41) is 14.3. The summed E-state index contributed by atoms with van der Waals surface area (Å²) in [4.78, 5) is 0. The molecule has 2 aliphatic heterocycles. The van der Waals surface area contributed by atoms with Crippen LogP contribution < -0.4 is 5.32 Å². The molecule has 80 valence electrons. The van der Waals surface area contributed by atoms with Gasteiger partial charge in [0.05, 0.1) is 5.60 Å². The van der Waals surface area contributed by atoms with Crippen molar-refractivity contribution >= 4 is 0 Å². The zero-order chi connectivity index (χ0) is 10.3. The molecule has 2 heteroatoms. The number of benzene rings is 1. The summed E-state index contributed by atoms with van der Waals surface area (Å²) in [6, 6.07) is 10.7. The standard InChI is InChI=1S/C13H17NO/c15-13(10-4-2-1-3-5-10)8-12-7-6-11(13)9-14-12/h1-5,11-12,14-15H,6-9H2. The largest absolute Gasteiger partial charge is 0.385 e. The van der Waals surface area contributed by atoms with Gasteiger partial charge in [0.25, 0.3) is 0 Å². The fourth-order valence-electron chi connectivity index (χ4n) is 3.12. The molecular weight excluding hydrogens is 186 g/mol. The van der Waals surface area contributed by atoms with Crippen molar-refractivity contribution in [2.75, 3.05) is 6.54 Å². The van der Waals surface area contributed by atoms with Gasteiger partial charge in [0.15, 0.2) is 0 Å². The molecule has 1 aliphatic carbocycles. The molecule has 15 heavy (non-hydrogen) atoms. The van der Waals surface area contributed by atoms with Gasteiger partial charge in [-0.1, -0.05) is 30.3 Å². The summed E-state index contributed by atoms with van der Waals surface area (Å²) in [6.45, 7) is 0.968. The van der Waals surface area contributed by atoms with Gasteiger partial charge in [-0.05, 0) is 24.8 Å². The van der Waals surface area contributed by atoms with Gasteiger partial charge in [-0.25, -0.2) is 0 Å². The molecule has 0 aromatic heterocycles. The van der Waals surface area contributed by atoms with Crippen LogP contribution in [0.2, 0.25) is 0 Å². The second kappa shape index (κ2) is 3.32. The lowest BCUT2D eigenvalue weighted by Crippen LogP contribution is -2.57. The Morgan fingerprint density at radius 2 is 2.00 bits per heavy atom. The Morgan fingerprint density at radius 3 is 2.53 bits per heavy atom. The lowest BCUT2D eigenvalue weighted by atomic mass is 9.67. The van der Waals surface area contributed by atoms with Gasteiger partial charge < -0.3 is 10.4 Å². The normalized spacial score (nSPS) is 39.3. The number of hydrogen-bond donors (Lipinski definition) is 2. The average Bonchev–Trinajstić information content (AvgIpc) is 2.31. The van der Waals surface area contributed by atoms with Crippen molar-refractivity contribution in [3.05, 3.63) is 35.9 Å². The van der Waals surface area contributed by atoms with E-state index in [2.05, 4.69) is 17.4 Å². The predicted octanol–water partition coefficient (Wildman–Crippen LogP) is 1.65. The first-order valence-electron chi connectivity index (χ1n) is 5.80. The molecule has 4 rings (SSSR count). The summed E-state index contributed by atoms with van der Waals surface area (Å²) in [6.07, 6.45) is 3.25. The number of fused-ring (bicyclic) bond motifs is 3. The van der Waals surface area contributed by atoms with Crippen LogP contribution in [0.1, 0.15) is 24.8 Å². The lowest BCUT2D eigenvalue weighted by Gasteiger charge is -2.49. The molecule has 2 N–H and O–H groups in total. The lowest BCUT2D eigenvalue weighted by molar-refractivity contribution is -0.0875. The quantitative estimate of drug-likeness (QED) is 0.727. The molecule has 1 aromatic carbocycles.